The Balaban J connectivity index is 0.00000176. The van der Waals surface area contributed by atoms with E-state index in [1.165, 1.54) is 12.8 Å². The van der Waals surface area contributed by atoms with Crippen molar-refractivity contribution in [1.29, 1.82) is 0 Å². The second kappa shape index (κ2) is 7.97. The molecule has 0 bridgehead atoms. The van der Waals surface area contributed by atoms with Crippen LogP contribution in [0.25, 0.3) is 11.3 Å². The first-order chi connectivity index (χ1) is 10.2. The van der Waals surface area contributed by atoms with Crippen LogP contribution < -0.4 is 5.32 Å². The van der Waals surface area contributed by atoms with Gasteiger partial charge in [-0.25, -0.2) is 0 Å². The van der Waals surface area contributed by atoms with Gasteiger partial charge in [0.2, 0.25) is 0 Å². The maximum atomic E-state index is 5.90. The molecule has 120 valence electrons. The van der Waals surface area contributed by atoms with Crippen LogP contribution >= 0.6 is 24.0 Å². The molecule has 2 heterocycles. The Bertz CT molecular complexity index is 585. The number of aromatic nitrogens is 1. The molecular weight excluding hydrogens is 321 g/mol. The van der Waals surface area contributed by atoms with E-state index in [1.54, 1.807) is 0 Å². The van der Waals surface area contributed by atoms with Gasteiger partial charge in [-0.2, -0.15) is 0 Å². The van der Waals surface area contributed by atoms with Gasteiger partial charge in [-0.05, 0) is 38.6 Å². The third-order valence-electron chi connectivity index (χ3n) is 3.99. The van der Waals surface area contributed by atoms with Crippen molar-refractivity contribution in [2.75, 3.05) is 20.1 Å². The first-order valence-electron chi connectivity index (χ1n) is 7.36. The molecular formula is C16H21Cl2N3O. The van der Waals surface area contributed by atoms with E-state index in [2.05, 4.69) is 15.4 Å². The molecule has 0 saturated carbocycles. The van der Waals surface area contributed by atoms with E-state index >= 15 is 0 Å². The number of likely N-dealkylation sites (tertiary alicyclic amines) is 1. The first-order valence-corrected chi connectivity index (χ1v) is 7.73. The summed E-state index contributed by atoms with van der Waals surface area (Å²) in [5.74, 6) is 0.914. The molecule has 1 N–H and O–H groups in total. The van der Waals surface area contributed by atoms with Crippen LogP contribution in [0, 0.1) is 0 Å². The number of likely N-dealkylation sites (N-methyl/N-ethyl adjacent to an activating group) is 1. The SMILES string of the molecule is CNC1CCCN(Cc2cc(-c3ccc(Cl)cc3)no2)C1.Cl. The number of hydrogen-bond acceptors (Lipinski definition) is 4. The van der Waals surface area contributed by atoms with E-state index in [0.29, 0.717) is 6.04 Å². The van der Waals surface area contributed by atoms with Gasteiger partial charge in [0, 0.05) is 29.2 Å². The van der Waals surface area contributed by atoms with Gasteiger partial charge >= 0.3 is 0 Å². The summed E-state index contributed by atoms with van der Waals surface area (Å²) in [5, 5.41) is 8.25. The van der Waals surface area contributed by atoms with Crippen molar-refractivity contribution in [2.45, 2.75) is 25.4 Å². The van der Waals surface area contributed by atoms with Crippen LogP contribution in [0.3, 0.4) is 0 Å². The number of rotatable bonds is 4. The van der Waals surface area contributed by atoms with E-state index in [0.717, 1.165) is 41.7 Å². The topological polar surface area (TPSA) is 41.3 Å². The van der Waals surface area contributed by atoms with Gasteiger partial charge in [-0.1, -0.05) is 28.9 Å². The number of nitrogens with one attached hydrogen (secondary N) is 1. The molecule has 0 aliphatic carbocycles. The minimum Gasteiger partial charge on any atom is -0.359 e. The Labute approximate surface area is 142 Å². The van der Waals surface area contributed by atoms with Gasteiger partial charge < -0.3 is 9.84 Å². The third-order valence-corrected chi connectivity index (χ3v) is 4.24. The first kappa shape index (κ1) is 17.3. The number of benzene rings is 1. The largest absolute Gasteiger partial charge is 0.359 e. The van der Waals surface area contributed by atoms with Crippen molar-refractivity contribution in [3.8, 4) is 11.3 Å². The zero-order chi connectivity index (χ0) is 14.7. The molecule has 1 aliphatic rings. The average molecular weight is 342 g/mol. The molecule has 22 heavy (non-hydrogen) atoms. The Morgan fingerprint density at radius 2 is 2.14 bits per heavy atom. The molecule has 4 nitrogen and oxygen atoms in total. The summed E-state index contributed by atoms with van der Waals surface area (Å²) in [6, 6.07) is 10.3. The zero-order valence-electron chi connectivity index (χ0n) is 12.6. The lowest BCUT2D eigenvalue weighted by atomic mass is 10.1. The summed E-state index contributed by atoms with van der Waals surface area (Å²) in [6.07, 6.45) is 2.48. The predicted octanol–water partition coefficient (Wildman–Crippen LogP) is 3.60. The molecule has 0 amide bonds. The fraction of sp³-hybridized carbons (Fsp3) is 0.438. The van der Waals surface area contributed by atoms with Crippen molar-refractivity contribution in [3.05, 3.63) is 41.1 Å². The number of hydrogen-bond donors (Lipinski definition) is 1. The van der Waals surface area contributed by atoms with Gasteiger partial charge in [0.05, 0.1) is 6.54 Å². The summed E-state index contributed by atoms with van der Waals surface area (Å²) in [4.78, 5) is 2.41. The standard InChI is InChI=1S/C16H20ClN3O.ClH/c1-18-14-3-2-8-20(10-14)11-15-9-16(19-21-15)12-4-6-13(17)7-5-12;/h4-7,9,14,18H,2-3,8,10-11H2,1H3;1H. The van der Waals surface area contributed by atoms with Gasteiger partial charge in [0.1, 0.15) is 5.69 Å². The van der Waals surface area contributed by atoms with Gasteiger partial charge in [0.15, 0.2) is 5.76 Å². The lowest BCUT2D eigenvalue weighted by Gasteiger charge is -2.31. The Morgan fingerprint density at radius 1 is 1.36 bits per heavy atom. The van der Waals surface area contributed by atoms with Crippen molar-refractivity contribution in [3.63, 3.8) is 0 Å². The summed E-state index contributed by atoms with van der Waals surface area (Å²) in [7, 11) is 2.03. The van der Waals surface area contributed by atoms with Crippen LogP contribution in [-0.4, -0.2) is 36.2 Å². The summed E-state index contributed by atoms with van der Waals surface area (Å²) >= 11 is 5.90. The van der Waals surface area contributed by atoms with Gasteiger partial charge in [-0.3, -0.25) is 4.90 Å². The maximum Gasteiger partial charge on any atom is 0.151 e. The van der Waals surface area contributed by atoms with Crippen LogP contribution in [0.15, 0.2) is 34.9 Å². The minimum atomic E-state index is 0. The highest BCUT2D eigenvalue weighted by Gasteiger charge is 2.19. The Hall–Kier alpha value is -1.07. The van der Waals surface area contributed by atoms with E-state index in [-0.39, 0.29) is 12.4 Å². The molecule has 1 unspecified atom stereocenters. The molecule has 0 radical (unpaired) electrons. The molecule has 1 aromatic carbocycles. The fourth-order valence-electron chi connectivity index (χ4n) is 2.80. The van der Waals surface area contributed by atoms with Gasteiger partial charge in [0.25, 0.3) is 0 Å². The summed E-state index contributed by atoms with van der Waals surface area (Å²) < 4.78 is 5.48. The predicted molar refractivity (Wildman–Crippen MR) is 91.6 cm³/mol. The summed E-state index contributed by atoms with van der Waals surface area (Å²) in [5.41, 5.74) is 1.89. The smallest absolute Gasteiger partial charge is 0.151 e. The van der Waals surface area contributed by atoms with Crippen molar-refractivity contribution < 1.29 is 4.52 Å². The van der Waals surface area contributed by atoms with E-state index in [9.17, 15) is 0 Å². The van der Waals surface area contributed by atoms with E-state index < -0.39 is 0 Å². The van der Waals surface area contributed by atoms with Crippen molar-refractivity contribution in [1.82, 2.24) is 15.4 Å². The average Bonchev–Trinajstić information content (AvgIpc) is 2.96. The normalized spacial score (nSPS) is 18.9. The molecule has 1 fully saturated rings. The lowest BCUT2D eigenvalue weighted by Crippen LogP contribution is -2.43. The van der Waals surface area contributed by atoms with Crippen molar-refractivity contribution >= 4 is 24.0 Å². The quantitative estimate of drug-likeness (QED) is 0.922. The molecule has 6 heteroatoms. The molecule has 0 spiro atoms. The molecule has 1 atom stereocenters. The molecule has 2 aromatic rings. The minimum absolute atomic E-state index is 0. The lowest BCUT2D eigenvalue weighted by molar-refractivity contribution is 0.170. The molecule has 1 aliphatic heterocycles. The highest BCUT2D eigenvalue weighted by molar-refractivity contribution is 6.30. The second-order valence-corrected chi connectivity index (χ2v) is 5.98. The Kier molecular flexibility index (Phi) is 6.26. The zero-order valence-corrected chi connectivity index (χ0v) is 14.2. The number of nitrogens with zero attached hydrogens (tertiary/aromatic N) is 2. The third kappa shape index (κ3) is 4.23. The van der Waals surface area contributed by atoms with Crippen LogP contribution in [-0.2, 0) is 6.54 Å². The highest BCUT2D eigenvalue weighted by atomic mass is 35.5. The van der Waals surface area contributed by atoms with Crippen LogP contribution in [0.1, 0.15) is 18.6 Å². The molecule has 3 rings (SSSR count). The molecule has 1 saturated heterocycles. The second-order valence-electron chi connectivity index (χ2n) is 5.55. The summed E-state index contributed by atoms with van der Waals surface area (Å²) in [6.45, 7) is 3.00. The van der Waals surface area contributed by atoms with E-state index in [4.69, 9.17) is 16.1 Å². The van der Waals surface area contributed by atoms with E-state index in [1.807, 2.05) is 37.4 Å². The Morgan fingerprint density at radius 3 is 2.86 bits per heavy atom. The maximum absolute atomic E-state index is 5.90. The molecule has 1 aromatic heterocycles. The van der Waals surface area contributed by atoms with Crippen LogP contribution in [0.4, 0.5) is 0 Å². The monoisotopic (exact) mass is 341 g/mol. The highest BCUT2D eigenvalue weighted by Crippen LogP contribution is 2.22. The van der Waals surface area contributed by atoms with Crippen LogP contribution in [0.2, 0.25) is 5.02 Å². The van der Waals surface area contributed by atoms with Gasteiger partial charge in [-0.15, -0.1) is 12.4 Å². The van der Waals surface area contributed by atoms with Crippen molar-refractivity contribution in [2.24, 2.45) is 0 Å². The number of halogens is 2. The van der Waals surface area contributed by atoms with Crippen LogP contribution in [0.5, 0.6) is 0 Å². The number of piperidine rings is 1. The fourth-order valence-corrected chi connectivity index (χ4v) is 2.93.